The number of nitrogens with one attached hydrogen (secondary N) is 2. The number of hydrogen-bond donors (Lipinski definition) is 2. The van der Waals surface area contributed by atoms with Gasteiger partial charge in [0.05, 0.1) is 7.11 Å². The van der Waals surface area contributed by atoms with Crippen LogP contribution in [0, 0.1) is 0 Å². The Hall–Kier alpha value is -2.53. The molecule has 0 unspecified atom stereocenters. The molecule has 2 aromatic rings. The highest BCUT2D eigenvalue weighted by atomic mass is 35.5. The van der Waals surface area contributed by atoms with Crippen LogP contribution in [0.4, 0.5) is 0 Å². The molecular weight excluding hydrogens is 352 g/mol. The number of rotatable bonds is 9. The normalized spacial score (nSPS) is 10.2. The number of halogens is 1. The molecule has 0 fully saturated rings. The van der Waals surface area contributed by atoms with Crippen molar-refractivity contribution in [2.75, 3.05) is 20.2 Å². The van der Waals surface area contributed by atoms with E-state index in [1.807, 2.05) is 24.3 Å². The van der Waals surface area contributed by atoms with Crippen LogP contribution in [0.15, 0.2) is 48.5 Å². The number of hydrogen-bond acceptors (Lipinski definition) is 3. The van der Waals surface area contributed by atoms with Gasteiger partial charge in [-0.25, -0.2) is 0 Å². The second-order valence-corrected chi connectivity index (χ2v) is 6.25. The van der Waals surface area contributed by atoms with Crippen molar-refractivity contribution >= 4 is 23.4 Å². The molecule has 2 N–H and O–H groups in total. The fraction of sp³-hybridized carbons (Fsp3) is 0.300. The molecule has 0 atom stereocenters. The summed E-state index contributed by atoms with van der Waals surface area (Å²) in [5.74, 6) is 0.638. The van der Waals surface area contributed by atoms with E-state index in [0.717, 1.165) is 17.7 Å². The minimum absolute atomic E-state index is 0.0146. The second kappa shape index (κ2) is 10.5. The molecule has 0 aliphatic rings. The predicted octanol–water partition coefficient (Wildman–Crippen LogP) is 3.22. The van der Waals surface area contributed by atoms with Crippen LogP contribution in [0.2, 0.25) is 5.02 Å². The Morgan fingerprint density at radius 3 is 2.31 bits per heavy atom. The smallest absolute Gasteiger partial charge is 0.251 e. The lowest BCUT2D eigenvalue weighted by atomic mass is 10.1. The largest absolute Gasteiger partial charge is 0.497 e. The Kier molecular flexibility index (Phi) is 7.96. The van der Waals surface area contributed by atoms with E-state index in [9.17, 15) is 9.59 Å². The lowest BCUT2D eigenvalue weighted by molar-refractivity contribution is -0.121. The number of carbonyl (C=O) groups is 2. The lowest BCUT2D eigenvalue weighted by Gasteiger charge is -2.07. The Balaban J connectivity index is 1.58. The number of amides is 2. The summed E-state index contributed by atoms with van der Waals surface area (Å²) in [6.07, 6.45) is 1.74. The Morgan fingerprint density at radius 2 is 1.65 bits per heavy atom. The molecule has 0 aromatic heterocycles. The maximum absolute atomic E-state index is 11.9. The van der Waals surface area contributed by atoms with Gasteiger partial charge in [-0.05, 0) is 54.8 Å². The van der Waals surface area contributed by atoms with Gasteiger partial charge in [0.25, 0.3) is 5.91 Å². The molecule has 138 valence electrons. The van der Waals surface area contributed by atoms with E-state index in [-0.39, 0.29) is 11.8 Å². The van der Waals surface area contributed by atoms with Gasteiger partial charge in [-0.15, -0.1) is 0 Å². The van der Waals surface area contributed by atoms with Gasteiger partial charge in [0.1, 0.15) is 5.75 Å². The van der Waals surface area contributed by atoms with Crippen molar-refractivity contribution in [3.63, 3.8) is 0 Å². The summed E-state index contributed by atoms with van der Waals surface area (Å²) in [6.45, 7) is 1.04. The zero-order chi connectivity index (χ0) is 18.8. The predicted molar refractivity (Wildman–Crippen MR) is 103 cm³/mol. The summed E-state index contributed by atoms with van der Waals surface area (Å²) in [6, 6.07) is 14.5. The van der Waals surface area contributed by atoms with Crippen molar-refractivity contribution in [3.05, 3.63) is 64.7 Å². The third-order valence-corrected chi connectivity index (χ3v) is 4.12. The second-order valence-electron chi connectivity index (χ2n) is 5.81. The number of methoxy groups -OCH3 is 1. The maximum Gasteiger partial charge on any atom is 0.251 e. The molecule has 0 bridgehead atoms. The minimum Gasteiger partial charge on any atom is -0.497 e. The Morgan fingerprint density at radius 1 is 0.962 bits per heavy atom. The maximum atomic E-state index is 11.9. The van der Waals surface area contributed by atoms with E-state index in [1.165, 1.54) is 0 Å². The first-order valence-corrected chi connectivity index (χ1v) is 8.89. The van der Waals surface area contributed by atoms with Crippen LogP contribution in [0.3, 0.4) is 0 Å². The molecular formula is C20H23ClN2O3. The van der Waals surface area contributed by atoms with Crippen LogP contribution < -0.4 is 15.4 Å². The van der Waals surface area contributed by atoms with E-state index in [4.69, 9.17) is 16.3 Å². The van der Waals surface area contributed by atoms with Crippen LogP contribution in [0.5, 0.6) is 5.75 Å². The molecule has 0 spiro atoms. The third-order valence-electron chi connectivity index (χ3n) is 3.87. The molecule has 2 rings (SSSR count). The quantitative estimate of drug-likeness (QED) is 0.662. The Labute approximate surface area is 158 Å². The minimum atomic E-state index is -0.165. The first kappa shape index (κ1) is 19.8. The van der Waals surface area contributed by atoms with Crippen molar-refractivity contribution in [1.82, 2.24) is 10.6 Å². The summed E-state index contributed by atoms with van der Waals surface area (Å²) in [5, 5.41) is 6.27. The average molecular weight is 375 g/mol. The first-order chi connectivity index (χ1) is 12.6. The highest BCUT2D eigenvalue weighted by Gasteiger charge is 2.06. The topological polar surface area (TPSA) is 67.4 Å². The molecule has 26 heavy (non-hydrogen) atoms. The lowest BCUT2D eigenvalue weighted by Crippen LogP contribution is -2.28. The number of ether oxygens (including phenoxy) is 1. The summed E-state index contributed by atoms with van der Waals surface area (Å²) < 4.78 is 5.11. The monoisotopic (exact) mass is 374 g/mol. The van der Waals surface area contributed by atoms with Crippen molar-refractivity contribution < 1.29 is 14.3 Å². The van der Waals surface area contributed by atoms with Crippen molar-refractivity contribution in [3.8, 4) is 5.75 Å². The molecule has 0 aliphatic heterocycles. The van der Waals surface area contributed by atoms with Gasteiger partial charge in [-0.1, -0.05) is 23.7 Å². The molecule has 0 radical (unpaired) electrons. The van der Waals surface area contributed by atoms with E-state index in [0.29, 0.717) is 36.5 Å². The molecule has 0 saturated carbocycles. The van der Waals surface area contributed by atoms with Crippen LogP contribution in [0.25, 0.3) is 0 Å². The fourth-order valence-corrected chi connectivity index (χ4v) is 2.51. The SMILES string of the molecule is COc1ccc(CCNC(=O)CCCNC(=O)c2ccc(Cl)cc2)cc1. The molecule has 2 amide bonds. The highest BCUT2D eigenvalue weighted by Crippen LogP contribution is 2.11. The summed E-state index contributed by atoms with van der Waals surface area (Å²) in [5.41, 5.74) is 1.69. The highest BCUT2D eigenvalue weighted by molar-refractivity contribution is 6.30. The van der Waals surface area contributed by atoms with Gasteiger partial charge < -0.3 is 15.4 Å². The van der Waals surface area contributed by atoms with Crippen molar-refractivity contribution in [2.24, 2.45) is 0 Å². The number of benzene rings is 2. The van der Waals surface area contributed by atoms with E-state index in [2.05, 4.69) is 10.6 Å². The molecule has 0 saturated heterocycles. The molecule has 0 aliphatic carbocycles. The van der Waals surface area contributed by atoms with Gasteiger partial charge in [0.2, 0.25) is 5.91 Å². The van der Waals surface area contributed by atoms with E-state index < -0.39 is 0 Å². The van der Waals surface area contributed by atoms with Crippen LogP contribution >= 0.6 is 11.6 Å². The zero-order valence-electron chi connectivity index (χ0n) is 14.8. The van der Waals surface area contributed by atoms with Gasteiger partial charge in [0, 0.05) is 30.1 Å². The van der Waals surface area contributed by atoms with E-state index in [1.54, 1.807) is 31.4 Å². The molecule has 6 heteroatoms. The fourth-order valence-electron chi connectivity index (χ4n) is 2.38. The van der Waals surface area contributed by atoms with Crippen LogP contribution in [-0.4, -0.2) is 32.0 Å². The molecule has 2 aromatic carbocycles. The number of carbonyl (C=O) groups excluding carboxylic acids is 2. The van der Waals surface area contributed by atoms with Crippen LogP contribution in [-0.2, 0) is 11.2 Å². The Bertz CT molecular complexity index is 715. The standard InChI is InChI=1S/C20H23ClN2O3/c1-26-18-10-4-15(5-11-18)12-14-22-19(24)3-2-13-23-20(25)16-6-8-17(21)9-7-16/h4-11H,2-3,12-14H2,1H3,(H,22,24)(H,23,25). The molecule has 0 heterocycles. The van der Waals surface area contributed by atoms with Crippen molar-refractivity contribution in [1.29, 1.82) is 0 Å². The zero-order valence-corrected chi connectivity index (χ0v) is 15.5. The average Bonchev–Trinajstić information content (AvgIpc) is 2.66. The van der Waals surface area contributed by atoms with Gasteiger partial charge in [0.15, 0.2) is 0 Å². The van der Waals surface area contributed by atoms with Crippen LogP contribution in [0.1, 0.15) is 28.8 Å². The third kappa shape index (κ3) is 6.76. The van der Waals surface area contributed by atoms with E-state index >= 15 is 0 Å². The van der Waals surface area contributed by atoms with Gasteiger partial charge in [-0.3, -0.25) is 9.59 Å². The summed E-state index contributed by atoms with van der Waals surface area (Å²) >= 11 is 5.79. The van der Waals surface area contributed by atoms with Crippen molar-refractivity contribution in [2.45, 2.75) is 19.3 Å². The summed E-state index contributed by atoms with van der Waals surface area (Å²) in [7, 11) is 1.63. The van der Waals surface area contributed by atoms with Gasteiger partial charge >= 0.3 is 0 Å². The first-order valence-electron chi connectivity index (χ1n) is 8.52. The molecule has 5 nitrogen and oxygen atoms in total. The summed E-state index contributed by atoms with van der Waals surface area (Å²) in [4.78, 5) is 23.7. The van der Waals surface area contributed by atoms with Gasteiger partial charge in [-0.2, -0.15) is 0 Å².